The van der Waals surface area contributed by atoms with Gasteiger partial charge in [-0.3, -0.25) is 15.1 Å². The number of hydrogen-bond acceptors (Lipinski definition) is 5. The average molecular weight is 333 g/mol. The van der Waals surface area contributed by atoms with Crippen molar-refractivity contribution in [3.63, 3.8) is 0 Å². The van der Waals surface area contributed by atoms with Crippen LogP contribution in [0.25, 0.3) is 5.70 Å². The summed E-state index contributed by atoms with van der Waals surface area (Å²) in [6.45, 7) is 0. The highest BCUT2D eigenvalue weighted by molar-refractivity contribution is 5.85. The van der Waals surface area contributed by atoms with Gasteiger partial charge in [0.15, 0.2) is 11.6 Å². The maximum atomic E-state index is 13.2. The summed E-state index contributed by atoms with van der Waals surface area (Å²) < 4.78 is 31.4. The van der Waals surface area contributed by atoms with Crippen molar-refractivity contribution in [2.75, 3.05) is 7.05 Å². The smallest absolute Gasteiger partial charge is 0.282 e. The zero-order valence-corrected chi connectivity index (χ0v) is 12.6. The number of aliphatic imine (C=N–C) groups is 1. The van der Waals surface area contributed by atoms with Crippen LogP contribution in [0.15, 0.2) is 47.5 Å². The van der Waals surface area contributed by atoms with E-state index in [1.165, 1.54) is 37.5 Å². The number of rotatable bonds is 5. The maximum absolute atomic E-state index is 13.2. The van der Waals surface area contributed by atoms with Crippen molar-refractivity contribution in [1.29, 1.82) is 0 Å². The molecule has 0 saturated heterocycles. The van der Waals surface area contributed by atoms with Crippen LogP contribution in [-0.4, -0.2) is 18.2 Å². The lowest BCUT2D eigenvalue weighted by molar-refractivity contribution is -0.385. The second-order valence-corrected chi connectivity index (χ2v) is 4.64. The summed E-state index contributed by atoms with van der Waals surface area (Å²) in [5.74, 6) is -1.99. The fourth-order valence-electron chi connectivity index (χ4n) is 1.89. The average Bonchev–Trinajstić information content (AvgIpc) is 2.56. The van der Waals surface area contributed by atoms with Gasteiger partial charge in [-0.1, -0.05) is 0 Å². The third-order valence-corrected chi connectivity index (χ3v) is 3.01. The Kier molecular flexibility index (Phi) is 5.20. The molecule has 0 aliphatic carbocycles. The molecule has 0 aliphatic rings. The van der Waals surface area contributed by atoms with E-state index < -0.39 is 16.6 Å². The SMILES string of the molecule is CN=C/C=C(\N)c1ccc(Oc2ccc(F)c(F)c2)cc1[N+](=O)[O-]. The van der Waals surface area contributed by atoms with Gasteiger partial charge in [0.25, 0.3) is 5.69 Å². The van der Waals surface area contributed by atoms with Gasteiger partial charge in [0.2, 0.25) is 0 Å². The molecule has 0 aromatic heterocycles. The minimum Gasteiger partial charge on any atom is -0.457 e. The van der Waals surface area contributed by atoms with E-state index in [9.17, 15) is 18.9 Å². The van der Waals surface area contributed by atoms with Gasteiger partial charge in [-0.05, 0) is 30.3 Å². The van der Waals surface area contributed by atoms with Gasteiger partial charge in [-0.15, -0.1) is 0 Å². The molecule has 0 fully saturated rings. The van der Waals surface area contributed by atoms with E-state index in [0.29, 0.717) is 0 Å². The maximum Gasteiger partial charge on any atom is 0.282 e. The Morgan fingerprint density at radius 2 is 1.88 bits per heavy atom. The number of nitro benzene ring substituents is 1. The van der Waals surface area contributed by atoms with E-state index in [1.54, 1.807) is 0 Å². The quantitative estimate of drug-likeness (QED) is 0.513. The largest absolute Gasteiger partial charge is 0.457 e. The minimum absolute atomic E-state index is 0.0116. The molecule has 0 bridgehead atoms. The first kappa shape index (κ1) is 17.1. The van der Waals surface area contributed by atoms with Gasteiger partial charge in [-0.2, -0.15) is 0 Å². The van der Waals surface area contributed by atoms with E-state index in [4.69, 9.17) is 10.5 Å². The highest BCUT2D eigenvalue weighted by atomic mass is 19.2. The molecular formula is C16H13F2N3O3. The lowest BCUT2D eigenvalue weighted by Crippen LogP contribution is -2.02. The molecule has 0 atom stereocenters. The van der Waals surface area contributed by atoms with Gasteiger partial charge >= 0.3 is 0 Å². The number of nitrogens with two attached hydrogens (primary N) is 1. The second kappa shape index (κ2) is 7.32. The number of nitro groups is 1. The van der Waals surface area contributed by atoms with Crippen LogP contribution >= 0.6 is 0 Å². The number of nitrogens with zero attached hydrogens (tertiary/aromatic N) is 2. The van der Waals surface area contributed by atoms with Crippen LogP contribution in [0.4, 0.5) is 14.5 Å². The predicted octanol–water partition coefficient (Wildman–Crippen LogP) is 3.67. The molecule has 2 N–H and O–H groups in total. The summed E-state index contributed by atoms with van der Waals surface area (Å²) in [5.41, 5.74) is 5.86. The fourth-order valence-corrected chi connectivity index (χ4v) is 1.89. The van der Waals surface area contributed by atoms with Crippen molar-refractivity contribution < 1.29 is 18.4 Å². The molecule has 24 heavy (non-hydrogen) atoms. The van der Waals surface area contributed by atoms with Gasteiger partial charge in [0.1, 0.15) is 11.5 Å². The molecular weight excluding hydrogens is 320 g/mol. The van der Waals surface area contributed by atoms with Crippen molar-refractivity contribution >= 4 is 17.6 Å². The Labute approximate surface area is 136 Å². The summed E-state index contributed by atoms with van der Waals surface area (Å²) in [6.07, 6.45) is 2.84. The summed E-state index contributed by atoms with van der Waals surface area (Å²) in [4.78, 5) is 14.3. The van der Waals surface area contributed by atoms with Gasteiger partial charge < -0.3 is 10.5 Å². The highest BCUT2D eigenvalue weighted by Gasteiger charge is 2.17. The minimum atomic E-state index is -1.08. The Morgan fingerprint density at radius 1 is 1.21 bits per heavy atom. The second-order valence-electron chi connectivity index (χ2n) is 4.64. The first-order chi connectivity index (χ1) is 11.4. The topological polar surface area (TPSA) is 90.8 Å². The highest BCUT2D eigenvalue weighted by Crippen LogP contribution is 2.31. The number of benzene rings is 2. The van der Waals surface area contributed by atoms with Crippen molar-refractivity contribution in [2.45, 2.75) is 0 Å². The van der Waals surface area contributed by atoms with Crippen LogP contribution in [0.3, 0.4) is 0 Å². The van der Waals surface area contributed by atoms with Crippen molar-refractivity contribution in [2.24, 2.45) is 10.7 Å². The Morgan fingerprint density at radius 3 is 2.50 bits per heavy atom. The summed E-state index contributed by atoms with van der Waals surface area (Å²) in [7, 11) is 1.54. The molecule has 6 nitrogen and oxygen atoms in total. The monoisotopic (exact) mass is 333 g/mol. The molecule has 2 aromatic carbocycles. The Balaban J connectivity index is 2.38. The zero-order chi connectivity index (χ0) is 17.7. The molecule has 0 spiro atoms. The van der Waals surface area contributed by atoms with Crippen molar-refractivity contribution in [3.8, 4) is 11.5 Å². The van der Waals surface area contributed by atoms with E-state index in [0.717, 1.165) is 18.2 Å². The van der Waals surface area contributed by atoms with Crippen LogP contribution in [0.1, 0.15) is 5.56 Å². The van der Waals surface area contributed by atoms with Crippen LogP contribution in [0.5, 0.6) is 11.5 Å². The molecule has 8 heteroatoms. The first-order valence-corrected chi connectivity index (χ1v) is 6.72. The molecule has 2 aromatic rings. The fraction of sp³-hybridized carbons (Fsp3) is 0.0625. The third kappa shape index (κ3) is 3.92. The zero-order valence-electron chi connectivity index (χ0n) is 12.6. The molecule has 0 unspecified atom stereocenters. The number of ether oxygens (including phenoxy) is 1. The van der Waals surface area contributed by atoms with Crippen LogP contribution in [-0.2, 0) is 0 Å². The van der Waals surface area contributed by atoms with Gasteiger partial charge in [0, 0.05) is 25.0 Å². The first-order valence-electron chi connectivity index (χ1n) is 6.72. The molecule has 0 saturated carbocycles. The lowest BCUT2D eigenvalue weighted by atomic mass is 10.1. The summed E-state index contributed by atoms with van der Waals surface area (Å²) in [5, 5.41) is 11.2. The predicted molar refractivity (Wildman–Crippen MR) is 86.1 cm³/mol. The molecule has 0 heterocycles. The normalized spacial score (nSPS) is 11.7. The van der Waals surface area contributed by atoms with E-state index in [-0.39, 0.29) is 28.4 Å². The lowest BCUT2D eigenvalue weighted by Gasteiger charge is -2.08. The summed E-state index contributed by atoms with van der Waals surface area (Å²) >= 11 is 0. The van der Waals surface area contributed by atoms with E-state index in [1.807, 2.05) is 0 Å². The van der Waals surface area contributed by atoms with E-state index >= 15 is 0 Å². The molecule has 0 aliphatic heterocycles. The molecule has 0 radical (unpaired) electrons. The van der Waals surface area contributed by atoms with Crippen LogP contribution in [0.2, 0.25) is 0 Å². The Hall–Kier alpha value is -3.29. The number of halogens is 2. The number of hydrogen-bond donors (Lipinski definition) is 1. The van der Waals surface area contributed by atoms with Crippen LogP contribution in [0, 0.1) is 21.7 Å². The molecule has 0 amide bonds. The van der Waals surface area contributed by atoms with Gasteiger partial charge in [-0.25, -0.2) is 8.78 Å². The molecule has 124 valence electrons. The third-order valence-electron chi connectivity index (χ3n) is 3.01. The van der Waals surface area contributed by atoms with Crippen molar-refractivity contribution in [1.82, 2.24) is 0 Å². The van der Waals surface area contributed by atoms with Crippen molar-refractivity contribution in [3.05, 3.63) is 69.8 Å². The van der Waals surface area contributed by atoms with E-state index in [2.05, 4.69) is 4.99 Å². The standard InChI is InChI=1S/C16H13F2N3O3/c1-20-7-6-15(19)12-4-2-11(9-16(12)21(22)23)24-10-3-5-13(17)14(18)8-10/h2-9H,19H2,1H3/b15-6-,20-7?. The Bertz CT molecular complexity index is 835. The summed E-state index contributed by atoms with van der Waals surface area (Å²) in [6, 6.07) is 6.96. The van der Waals surface area contributed by atoms with Gasteiger partial charge in [0.05, 0.1) is 16.6 Å². The molecule has 2 rings (SSSR count). The van der Waals surface area contributed by atoms with Crippen LogP contribution < -0.4 is 10.5 Å². The number of allylic oxidation sites excluding steroid dienone is 1.